The van der Waals surface area contributed by atoms with Gasteiger partial charge in [0.1, 0.15) is 0 Å². The van der Waals surface area contributed by atoms with Crippen LogP contribution in [0.3, 0.4) is 0 Å². The fourth-order valence-electron chi connectivity index (χ4n) is 1.89. The molecule has 96 valence electrons. The molecule has 3 nitrogen and oxygen atoms in total. The molecule has 3 N–H and O–H groups in total. The number of rotatable bonds is 4. The highest BCUT2D eigenvalue weighted by Gasteiger charge is 2.40. The minimum atomic E-state index is -1.59. The molecule has 0 aliphatic carbocycles. The van der Waals surface area contributed by atoms with Crippen LogP contribution < -0.4 is 11.1 Å². The van der Waals surface area contributed by atoms with E-state index < -0.39 is 8.32 Å². The largest absolute Gasteiger partial charge is 0.413 e. The average molecular weight is 244 g/mol. The van der Waals surface area contributed by atoms with Gasteiger partial charge in [-0.1, -0.05) is 20.8 Å². The van der Waals surface area contributed by atoms with Gasteiger partial charge in [-0.15, -0.1) is 0 Å². The number of nitrogens with two attached hydrogens (primary N) is 1. The Kier molecular flexibility index (Phi) is 4.57. The Morgan fingerprint density at radius 2 is 2.00 bits per heavy atom. The van der Waals surface area contributed by atoms with Crippen molar-refractivity contribution in [2.24, 2.45) is 5.73 Å². The molecule has 0 saturated carbocycles. The third-order valence-corrected chi connectivity index (χ3v) is 8.50. The average Bonchev–Trinajstić information content (AvgIpc) is 2.50. The quantitative estimate of drug-likeness (QED) is 0.745. The maximum absolute atomic E-state index is 6.38. The minimum Gasteiger partial charge on any atom is -0.413 e. The van der Waals surface area contributed by atoms with Gasteiger partial charge in [-0.25, -0.2) is 0 Å². The number of nitrogens with one attached hydrogen (secondary N) is 1. The molecule has 0 aromatic heterocycles. The van der Waals surface area contributed by atoms with Gasteiger partial charge in [-0.05, 0) is 37.5 Å². The first-order chi connectivity index (χ1) is 7.26. The lowest BCUT2D eigenvalue weighted by Gasteiger charge is -2.38. The molecule has 1 saturated heterocycles. The molecule has 0 spiro atoms. The molecule has 1 fully saturated rings. The highest BCUT2D eigenvalue weighted by atomic mass is 28.4. The summed E-state index contributed by atoms with van der Waals surface area (Å²) in [5.41, 5.74) is 5.58. The molecule has 0 bridgehead atoms. The first-order valence-electron chi connectivity index (χ1n) is 6.37. The van der Waals surface area contributed by atoms with Crippen molar-refractivity contribution >= 4 is 8.32 Å². The summed E-state index contributed by atoms with van der Waals surface area (Å²) in [4.78, 5) is 0. The van der Waals surface area contributed by atoms with Gasteiger partial charge in [0.15, 0.2) is 8.32 Å². The molecule has 0 radical (unpaired) electrons. The van der Waals surface area contributed by atoms with Crippen LogP contribution >= 0.6 is 0 Å². The van der Waals surface area contributed by atoms with Crippen LogP contribution in [0.5, 0.6) is 0 Å². The lowest BCUT2D eigenvalue weighted by molar-refractivity contribution is 0.197. The molecule has 1 rings (SSSR count). The van der Waals surface area contributed by atoms with Crippen LogP contribution in [0.15, 0.2) is 0 Å². The Labute approximate surface area is 101 Å². The van der Waals surface area contributed by atoms with Crippen LogP contribution in [0.25, 0.3) is 0 Å². The number of hydrogen-bond donors (Lipinski definition) is 2. The van der Waals surface area contributed by atoms with Crippen LogP contribution in [0.1, 0.15) is 33.6 Å². The van der Waals surface area contributed by atoms with Crippen molar-refractivity contribution < 1.29 is 4.43 Å². The van der Waals surface area contributed by atoms with Crippen molar-refractivity contribution in [1.29, 1.82) is 0 Å². The van der Waals surface area contributed by atoms with E-state index in [2.05, 4.69) is 39.2 Å². The van der Waals surface area contributed by atoms with Crippen molar-refractivity contribution in [2.45, 2.75) is 63.9 Å². The maximum Gasteiger partial charge on any atom is 0.192 e. The molecule has 16 heavy (non-hydrogen) atoms. The molecule has 0 amide bonds. The molecule has 1 aliphatic heterocycles. The van der Waals surface area contributed by atoms with Crippen LogP contribution in [-0.2, 0) is 4.43 Å². The predicted molar refractivity (Wildman–Crippen MR) is 72.1 cm³/mol. The monoisotopic (exact) mass is 244 g/mol. The standard InChI is InChI=1S/C12H28N2OSi/c1-12(2,3)16(4,5)15-11-8-10(6-7-13)14-9-11/h10-11,14H,6-9,13H2,1-5H3/t10-,11-/m1/s1. The van der Waals surface area contributed by atoms with Crippen LogP contribution in [0.4, 0.5) is 0 Å². The van der Waals surface area contributed by atoms with Crippen molar-refractivity contribution in [2.75, 3.05) is 13.1 Å². The van der Waals surface area contributed by atoms with E-state index >= 15 is 0 Å². The smallest absolute Gasteiger partial charge is 0.192 e. The third-order valence-electron chi connectivity index (χ3n) is 3.96. The van der Waals surface area contributed by atoms with Crippen LogP contribution in [-0.4, -0.2) is 33.6 Å². The van der Waals surface area contributed by atoms with E-state index in [9.17, 15) is 0 Å². The summed E-state index contributed by atoms with van der Waals surface area (Å²) in [5, 5.41) is 3.80. The Bertz CT molecular complexity index is 226. The minimum absolute atomic E-state index is 0.305. The SMILES string of the molecule is CC(C)(C)[Si](C)(C)O[C@H]1CN[C@H](CCN)C1. The fraction of sp³-hybridized carbons (Fsp3) is 1.00. The van der Waals surface area contributed by atoms with E-state index in [1.165, 1.54) is 0 Å². The summed E-state index contributed by atoms with van der Waals surface area (Å²) < 4.78 is 6.38. The second-order valence-corrected chi connectivity index (χ2v) is 11.2. The maximum atomic E-state index is 6.38. The Morgan fingerprint density at radius 3 is 2.50 bits per heavy atom. The fourth-order valence-corrected chi connectivity index (χ4v) is 3.25. The zero-order valence-corrected chi connectivity index (χ0v) is 12.5. The molecule has 0 unspecified atom stereocenters. The zero-order chi connectivity index (χ0) is 12.4. The van der Waals surface area contributed by atoms with Crippen LogP contribution in [0, 0.1) is 0 Å². The Morgan fingerprint density at radius 1 is 1.38 bits per heavy atom. The molecule has 0 aromatic carbocycles. The lowest BCUT2D eigenvalue weighted by Crippen LogP contribution is -2.44. The Hall–Kier alpha value is 0.0969. The van der Waals surface area contributed by atoms with Crippen molar-refractivity contribution in [3.05, 3.63) is 0 Å². The second kappa shape index (κ2) is 5.17. The highest BCUT2D eigenvalue weighted by molar-refractivity contribution is 6.74. The molecule has 0 aromatic rings. The predicted octanol–water partition coefficient (Wildman–Crippen LogP) is 2.09. The summed E-state index contributed by atoms with van der Waals surface area (Å²) in [6, 6.07) is 0.569. The molecule has 4 heteroatoms. The summed E-state index contributed by atoms with van der Waals surface area (Å²) in [6.07, 6.45) is 2.60. The first kappa shape index (κ1) is 14.2. The van der Waals surface area contributed by atoms with E-state index in [4.69, 9.17) is 10.2 Å². The van der Waals surface area contributed by atoms with E-state index in [-0.39, 0.29) is 0 Å². The molecule has 2 atom stereocenters. The van der Waals surface area contributed by atoms with Crippen molar-refractivity contribution in [1.82, 2.24) is 5.32 Å². The lowest BCUT2D eigenvalue weighted by atomic mass is 10.1. The summed E-state index contributed by atoms with van der Waals surface area (Å²) in [7, 11) is -1.59. The normalized spacial score (nSPS) is 27.4. The van der Waals surface area contributed by atoms with E-state index in [0.717, 1.165) is 25.9 Å². The van der Waals surface area contributed by atoms with Crippen molar-refractivity contribution in [3.8, 4) is 0 Å². The highest BCUT2D eigenvalue weighted by Crippen LogP contribution is 2.38. The van der Waals surface area contributed by atoms with Gasteiger partial charge >= 0.3 is 0 Å². The molecular weight excluding hydrogens is 216 g/mol. The first-order valence-corrected chi connectivity index (χ1v) is 9.28. The third kappa shape index (κ3) is 3.55. The zero-order valence-electron chi connectivity index (χ0n) is 11.5. The van der Waals surface area contributed by atoms with E-state index in [0.29, 0.717) is 17.2 Å². The number of hydrogen-bond acceptors (Lipinski definition) is 3. The van der Waals surface area contributed by atoms with Gasteiger partial charge in [0.2, 0.25) is 0 Å². The molecule has 1 heterocycles. The second-order valence-electron chi connectivity index (χ2n) is 6.42. The van der Waals surface area contributed by atoms with Crippen LogP contribution in [0.2, 0.25) is 18.1 Å². The topological polar surface area (TPSA) is 47.3 Å². The summed E-state index contributed by atoms with van der Waals surface area (Å²) >= 11 is 0. The van der Waals surface area contributed by atoms with Gasteiger partial charge in [-0.2, -0.15) is 0 Å². The summed E-state index contributed by atoms with van der Waals surface area (Å²) in [6.45, 7) is 13.3. The van der Waals surface area contributed by atoms with Gasteiger partial charge < -0.3 is 15.5 Å². The van der Waals surface area contributed by atoms with E-state index in [1.54, 1.807) is 0 Å². The Balaban J connectivity index is 2.45. The van der Waals surface area contributed by atoms with Gasteiger partial charge in [0, 0.05) is 12.6 Å². The van der Waals surface area contributed by atoms with Gasteiger partial charge in [0.05, 0.1) is 6.10 Å². The van der Waals surface area contributed by atoms with Crippen molar-refractivity contribution in [3.63, 3.8) is 0 Å². The molecular formula is C12H28N2OSi. The van der Waals surface area contributed by atoms with Gasteiger partial charge in [-0.3, -0.25) is 0 Å². The molecule has 1 aliphatic rings. The summed E-state index contributed by atoms with van der Waals surface area (Å²) in [5.74, 6) is 0. The van der Waals surface area contributed by atoms with E-state index in [1.807, 2.05) is 0 Å². The van der Waals surface area contributed by atoms with Gasteiger partial charge in [0.25, 0.3) is 0 Å².